The lowest BCUT2D eigenvalue weighted by molar-refractivity contribution is 0.446. The van der Waals surface area contributed by atoms with Gasteiger partial charge in [-0.15, -0.1) is 0 Å². The monoisotopic (exact) mass is 199 g/mol. The molecule has 10 heavy (non-hydrogen) atoms. The maximum Gasteiger partial charge on any atom is 0.125 e. The van der Waals surface area contributed by atoms with Crippen molar-refractivity contribution in [1.29, 1.82) is 0 Å². The van der Waals surface area contributed by atoms with Crippen LogP contribution in [0.5, 0.6) is 0 Å². The molecule has 4 heteroatoms. The minimum absolute atomic E-state index is 0.484. The minimum Gasteiger partial charge on any atom is -0.272 e. The number of hydrogen-bond acceptors (Lipinski definition) is 1. The van der Waals surface area contributed by atoms with Crippen molar-refractivity contribution in [2.45, 2.75) is 38.1 Å². The highest BCUT2D eigenvalue weighted by atomic mass is 35.9. The molecule has 0 spiro atoms. The summed E-state index contributed by atoms with van der Waals surface area (Å²) in [6.45, 7) is 0. The Morgan fingerprint density at radius 2 is 1.70 bits per heavy atom. The topological polar surface area (TPSA) is 12.4 Å². The molecule has 1 rings (SSSR count). The smallest absolute Gasteiger partial charge is 0.125 e. The second kappa shape index (κ2) is 4.64. The van der Waals surface area contributed by atoms with Crippen LogP contribution in [0.25, 0.3) is 0 Å². The molecule has 0 aromatic heterocycles. The van der Waals surface area contributed by atoms with Gasteiger partial charge in [-0.05, 0) is 12.8 Å². The summed E-state index contributed by atoms with van der Waals surface area (Å²) in [5.41, 5.74) is 0. The van der Waals surface area contributed by atoms with Crippen LogP contribution < -0.4 is 0 Å². The molecule has 0 amide bonds. The Kier molecular flexibility index (Phi) is 4.13. The van der Waals surface area contributed by atoms with Gasteiger partial charge in [0.05, 0.1) is 6.04 Å². The lowest BCUT2D eigenvalue weighted by Gasteiger charge is -2.17. The van der Waals surface area contributed by atoms with Crippen LogP contribution in [0.4, 0.5) is 0 Å². The highest BCUT2D eigenvalue weighted by Gasteiger charge is 2.11. The van der Waals surface area contributed by atoms with E-state index < -0.39 is 6.42 Å². The van der Waals surface area contributed by atoms with Gasteiger partial charge in [0.15, 0.2) is 0 Å². The normalized spacial score (nSPS) is 21.5. The van der Waals surface area contributed by atoms with Gasteiger partial charge in [-0.3, -0.25) is 4.74 Å². The first-order valence-corrected chi connectivity index (χ1v) is 7.15. The first-order valence-electron chi connectivity index (χ1n) is 3.68. The summed E-state index contributed by atoms with van der Waals surface area (Å²) in [4.78, 5) is 0. The van der Waals surface area contributed by atoms with Gasteiger partial charge < -0.3 is 0 Å². The Morgan fingerprint density at radius 3 is 2.20 bits per heavy atom. The number of rotatable bonds is 1. The van der Waals surface area contributed by atoms with Crippen LogP contribution in [0.3, 0.4) is 0 Å². The van der Waals surface area contributed by atoms with E-state index in [0.29, 0.717) is 6.04 Å². The third-order valence-electron chi connectivity index (χ3n) is 1.85. The molecule has 0 unspecified atom stereocenters. The summed E-state index contributed by atoms with van der Waals surface area (Å²) in [5.74, 6) is 0. The molecule has 0 heterocycles. The van der Waals surface area contributed by atoms with Crippen molar-refractivity contribution >= 4 is 28.9 Å². The molecule has 0 bridgehead atoms. The zero-order chi connectivity index (χ0) is 7.40. The van der Waals surface area contributed by atoms with Crippen molar-refractivity contribution in [2.24, 2.45) is 4.74 Å². The second-order valence-corrected chi connectivity index (χ2v) is 6.13. The first-order chi connectivity index (χ1) is 4.79. The van der Waals surface area contributed by atoms with E-state index in [4.69, 9.17) is 22.5 Å². The Labute approximate surface area is 72.2 Å². The zero-order valence-corrected chi connectivity index (χ0v) is 8.33. The summed E-state index contributed by atoms with van der Waals surface area (Å²) in [5, 5.41) is 0. The van der Waals surface area contributed by atoms with Crippen LogP contribution in [0.1, 0.15) is 32.1 Å². The maximum atomic E-state index is 5.61. The van der Waals surface area contributed by atoms with E-state index in [0.717, 1.165) is 0 Å². The Hall–Kier alpha value is 0.810. The van der Waals surface area contributed by atoms with Gasteiger partial charge in [0, 0.05) is 0 Å². The van der Waals surface area contributed by atoms with Crippen LogP contribution in [-0.2, 0) is 0 Å². The van der Waals surface area contributed by atoms with Crippen LogP contribution >= 0.6 is 28.9 Å². The molecule has 60 valence electrons. The molecular weight excluding hydrogens is 188 g/mol. The van der Waals surface area contributed by atoms with Crippen LogP contribution in [0, 0.1) is 0 Å². The highest BCUT2D eigenvalue weighted by molar-refractivity contribution is 7.96. The fourth-order valence-corrected chi connectivity index (χ4v) is 2.71. The van der Waals surface area contributed by atoms with Gasteiger partial charge in [-0.25, -0.2) is 0 Å². The van der Waals surface area contributed by atoms with Gasteiger partial charge in [0.1, 0.15) is 6.42 Å². The molecular formula is C6H12Cl2NP. The molecule has 0 N–H and O–H groups in total. The fraction of sp³-hybridized carbons (Fsp3) is 1.00. The molecule has 1 saturated carbocycles. The first kappa shape index (κ1) is 8.90. The third-order valence-corrected chi connectivity index (χ3v) is 3.00. The molecule has 0 atom stereocenters. The van der Waals surface area contributed by atoms with E-state index in [9.17, 15) is 0 Å². The summed E-state index contributed by atoms with van der Waals surface area (Å²) >= 11 is 11.2. The summed E-state index contributed by atoms with van der Waals surface area (Å²) < 4.78 is 4.27. The average Bonchev–Trinajstić information content (AvgIpc) is 1.88. The Morgan fingerprint density at radius 1 is 1.10 bits per heavy atom. The van der Waals surface area contributed by atoms with Crippen molar-refractivity contribution in [3.05, 3.63) is 0 Å². The van der Waals surface area contributed by atoms with E-state index in [1.54, 1.807) is 0 Å². The van der Waals surface area contributed by atoms with Crippen LogP contribution in [0.2, 0.25) is 0 Å². The van der Waals surface area contributed by atoms with Gasteiger partial charge in [0.25, 0.3) is 0 Å². The minimum atomic E-state index is -1.36. The van der Waals surface area contributed by atoms with Crippen molar-refractivity contribution in [2.75, 3.05) is 0 Å². The molecule has 0 aromatic carbocycles. The quantitative estimate of drug-likeness (QED) is 0.566. The van der Waals surface area contributed by atoms with E-state index >= 15 is 0 Å². The van der Waals surface area contributed by atoms with Crippen LogP contribution in [-0.4, -0.2) is 6.04 Å². The largest absolute Gasteiger partial charge is 0.272 e. The predicted octanol–water partition coefficient (Wildman–Crippen LogP) is 4.02. The highest BCUT2D eigenvalue weighted by Crippen LogP contribution is 2.39. The molecule has 0 aromatic rings. The van der Waals surface area contributed by atoms with Crippen LogP contribution in [0.15, 0.2) is 4.74 Å². The predicted molar refractivity (Wildman–Crippen MR) is 49.3 cm³/mol. The molecule has 0 aliphatic heterocycles. The van der Waals surface area contributed by atoms with Gasteiger partial charge in [-0.2, -0.15) is 0 Å². The molecule has 1 aliphatic rings. The van der Waals surface area contributed by atoms with E-state index in [-0.39, 0.29) is 0 Å². The Balaban J connectivity index is 2.33. The molecule has 1 nitrogen and oxygen atoms in total. The van der Waals surface area contributed by atoms with E-state index in [2.05, 4.69) is 4.74 Å². The number of halogens is 2. The molecule has 0 saturated heterocycles. The summed E-state index contributed by atoms with van der Waals surface area (Å²) in [6, 6.07) is 0.484. The second-order valence-electron chi connectivity index (χ2n) is 2.66. The maximum absolute atomic E-state index is 5.61. The van der Waals surface area contributed by atoms with Crippen molar-refractivity contribution in [3.8, 4) is 0 Å². The molecule has 1 fully saturated rings. The van der Waals surface area contributed by atoms with Crippen molar-refractivity contribution in [1.82, 2.24) is 0 Å². The summed E-state index contributed by atoms with van der Waals surface area (Å²) in [6.07, 6.45) is 5.01. The van der Waals surface area contributed by atoms with Gasteiger partial charge in [-0.1, -0.05) is 41.7 Å². The summed E-state index contributed by atoms with van der Waals surface area (Å²) in [7, 11) is 0. The fourth-order valence-electron chi connectivity index (χ4n) is 1.35. The standard InChI is InChI=1S/C6H12Cl2NP/c7-10(8)9-6-4-2-1-3-5-6/h6,10H,1-5H2. The lowest BCUT2D eigenvalue weighted by Crippen LogP contribution is -2.07. The Bertz CT molecular complexity index is 128. The van der Waals surface area contributed by atoms with Crippen molar-refractivity contribution < 1.29 is 0 Å². The molecule has 1 aliphatic carbocycles. The average molecular weight is 200 g/mol. The van der Waals surface area contributed by atoms with Gasteiger partial charge >= 0.3 is 0 Å². The van der Waals surface area contributed by atoms with Crippen molar-refractivity contribution in [3.63, 3.8) is 0 Å². The third kappa shape index (κ3) is 3.27. The lowest BCUT2D eigenvalue weighted by atomic mass is 9.97. The number of hydrogen-bond donors (Lipinski definition) is 0. The molecule has 0 radical (unpaired) electrons. The zero-order valence-electron chi connectivity index (χ0n) is 5.82. The van der Waals surface area contributed by atoms with E-state index in [1.165, 1.54) is 32.1 Å². The SMILES string of the molecule is Cl[PH](Cl)=NC1CCCCC1. The van der Waals surface area contributed by atoms with Gasteiger partial charge in [0.2, 0.25) is 0 Å². The van der Waals surface area contributed by atoms with E-state index in [1.807, 2.05) is 0 Å². The number of nitrogens with zero attached hydrogens (tertiary/aromatic N) is 1.